The number of carbonyl (C=O) groups is 3. The van der Waals surface area contributed by atoms with Crippen LogP contribution in [0.25, 0.3) is 6.08 Å². The smallest absolute Gasteiger partial charge is 0.343 e. The van der Waals surface area contributed by atoms with Crippen LogP contribution in [-0.4, -0.2) is 38.7 Å². The Morgan fingerprint density at radius 1 is 1.26 bits per heavy atom. The van der Waals surface area contributed by atoms with Crippen molar-refractivity contribution in [2.24, 2.45) is 0 Å². The van der Waals surface area contributed by atoms with E-state index in [0.717, 1.165) is 0 Å². The molecule has 1 aliphatic heterocycles. The zero-order valence-electron chi connectivity index (χ0n) is 12.3. The van der Waals surface area contributed by atoms with Gasteiger partial charge in [-0.15, -0.1) is 0 Å². The molecule has 122 valence electrons. The Bertz CT molecular complexity index is 701. The summed E-state index contributed by atoms with van der Waals surface area (Å²) < 4.78 is 14.9. The molecule has 0 aliphatic carbocycles. The van der Waals surface area contributed by atoms with E-state index in [1.807, 2.05) is 0 Å². The predicted molar refractivity (Wildman–Crippen MR) is 80.2 cm³/mol. The number of urea groups is 1. The lowest BCUT2D eigenvalue weighted by Crippen LogP contribution is -2.22. The number of imide groups is 1. The molecule has 2 rings (SSSR count). The topological polar surface area (TPSA) is 103 Å². The van der Waals surface area contributed by atoms with Crippen molar-refractivity contribution in [3.05, 3.63) is 28.4 Å². The van der Waals surface area contributed by atoms with Gasteiger partial charge in [-0.05, 0) is 23.8 Å². The Labute approximate surface area is 136 Å². The highest BCUT2D eigenvalue weighted by atomic mass is 35.5. The number of carbonyl (C=O) groups excluding carboxylic acids is 3. The van der Waals surface area contributed by atoms with Gasteiger partial charge < -0.3 is 19.5 Å². The third-order valence-electron chi connectivity index (χ3n) is 2.84. The maximum absolute atomic E-state index is 11.5. The number of esters is 1. The van der Waals surface area contributed by atoms with E-state index in [0.29, 0.717) is 5.56 Å². The molecule has 1 aromatic rings. The molecular weight excluding hydrogens is 328 g/mol. The molecular formula is C14H13ClN2O6. The van der Waals surface area contributed by atoms with E-state index in [1.54, 1.807) is 6.07 Å². The lowest BCUT2D eigenvalue weighted by molar-refractivity contribution is -0.142. The van der Waals surface area contributed by atoms with E-state index < -0.39 is 17.9 Å². The molecule has 1 fully saturated rings. The second kappa shape index (κ2) is 7.01. The fourth-order valence-electron chi connectivity index (χ4n) is 1.80. The van der Waals surface area contributed by atoms with Gasteiger partial charge in [0.2, 0.25) is 0 Å². The van der Waals surface area contributed by atoms with Gasteiger partial charge in [-0.1, -0.05) is 11.6 Å². The fraction of sp³-hybridized carbons (Fsp3) is 0.214. The lowest BCUT2D eigenvalue weighted by Gasteiger charge is -2.12. The minimum atomic E-state index is -0.600. The predicted octanol–water partition coefficient (Wildman–Crippen LogP) is 1.08. The van der Waals surface area contributed by atoms with Crippen LogP contribution in [-0.2, 0) is 14.3 Å². The Morgan fingerprint density at radius 2 is 2.00 bits per heavy atom. The molecule has 0 radical (unpaired) electrons. The van der Waals surface area contributed by atoms with Crippen molar-refractivity contribution >= 4 is 35.6 Å². The van der Waals surface area contributed by atoms with Gasteiger partial charge in [0.25, 0.3) is 5.91 Å². The van der Waals surface area contributed by atoms with E-state index in [9.17, 15) is 14.4 Å². The molecule has 2 N–H and O–H groups in total. The van der Waals surface area contributed by atoms with Crippen molar-refractivity contribution in [2.45, 2.75) is 0 Å². The number of halogens is 1. The standard InChI is InChI=1S/C14H13ClN2O6/c1-21-10-5-7(4-9-13(19)17-14(20)16-9)3-8(15)12(10)23-6-11(18)22-2/h3-5H,6H2,1-2H3,(H2,16,17,19,20). The molecule has 23 heavy (non-hydrogen) atoms. The Morgan fingerprint density at radius 3 is 2.57 bits per heavy atom. The van der Waals surface area contributed by atoms with Crippen molar-refractivity contribution in [3.63, 3.8) is 0 Å². The molecule has 1 aromatic carbocycles. The normalized spacial score (nSPS) is 15.2. The van der Waals surface area contributed by atoms with Crippen LogP contribution >= 0.6 is 11.6 Å². The largest absolute Gasteiger partial charge is 0.493 e. The average Bonchev–Trinajstić information content (AvgIpc) is 2.82. The summed E-state index contributed by atoms with van der Waals surface area (Å²) >= 11 is 6.12. The van der Waals surface area contributed by atoms with Crippen molar-refractivity contribution < 1.29 is 28.6 Å². The summed E-state index contributed by atoms with van der Waals surface area (Å²) in [6, 6.07) is 2.45. The lowest BCUT2D eigenvalue weighted by atomic mass is 10.1. The molecule has 1 aliphatic rings. The summed E-state index contributed by atoms with van der Waals surface area (Å²) in [5, 5.41) is 4.61. The third kappa shape index (κ3) is 3.92. The van der Waals surface area contributed by atoms with E-state index in [2.05, 4.69) is 15.4 Å². The van der Waals surface area contributed by atoms with Crippen molar-refractivity contribution in [3.8, 4) is 11.5 Å². The van der Waals surface area contributed by atoms with E-state index in [1.165, 1.54) is 26.4 Å². The number of ether oxygens (including phenoxy) is 3. The summed E-state index contributed by atoms with van der Waals surface area (Å²) in [7, 11) is 2.64. The van der Waals surface area contributed by atoms with Crippen LogP contribution in [0.4, 0.5) is 4.79 Å². The van der Waals surface area contributed by atoms with Gasteiger partial charge in [-0.3, -0.25) is 10.1 Å². The third-order valence-corrected chi connectivity index (χ3v) is 3.13. The van der Waals surface area contributed by atoms with E-state index >= 15 is 0 Å². The number of amides is 3. The first-order valence-corrected chi connectivity index (χ1v) is 6.73. The van der Waals surface area contributed by atoms with Gasteiger partial charge in [-0.2, -0.15) is 0 Å². The molecule has 0 spiro atoms. The maximum Gasteiger partial charge on any atom is 0.343 e. The number of benzene rings is 1. The maximum atomic E-state index is 11.5. The monoisotopic (exact) mass is 340 g/mol. The zero-order chi connectivity index (χ0) is 17.0. The molecule has 0 atom stereocenters. The second-order valence-corrected chi connectivity index (χ2v) is 4.77. The van der Waals surface area contributed by atoms with Crippen molar-refractivity contribution in [1.29, 1.82) is 0 Å². The number of hydrogen-bond acceptors (Lipinski definition) is 6. The number of rotatable bonds is 5. The summed E-state index contributed by atoms with van der Waals surface area (Å²) in [5.74, 6) is -0.685. The molecule has 0 aromatic heterocycles. The highest BCUT2D eigenvalue weighted by Crippen LogP contribution is 2.37. The van der Waals surface area contributed by atoms with Crippen LogP contribution in [0.2, 0.25) is 5.02 Å². The van der Waals surface area contributed by atoms with Crippen LogP contribution in [0.5, 0.6) is 11.5 Å². The summed E-state index contributed by atoms with van der Waals surface area (Å²) in [6.45, 7) is -0.328. The first-order valence-electron chi connectivity index (χ1n) is 6.35. The van der Waals surface area contributed by atoms with Crippen LogP contribution in [0.15, 0.2) is 17.8 Å². The highest BCUT2D eigenvalue weighted by Gasteiger charge is 2.23. The number of hydrogen-bond donors (Lipinski definition) is 2. The minimum Gasteiger partial charge on any atom is -0.493 e. The van der Waals surface area contributed by atoms with Crippen LogP contribution < -0.4 is 20.1 Å². The first kappa shape index (κ1) is 16.6. The van der Waals surface area contributed by atoms with Crippen LogP contribution in [0, 0.1) is 0 Å². The molecule has 1 saturated heterocycles. The SMILES string of the molecule is COC(=O)COc1c(Cl)cc(C=C2NC(=O)NC2=O)cc1OC. The number of methoxy groups -OCH3 is 2. The fourth-order valence-corrected chi connectivity index (χ4v) is 2.08. The van der Waals surface area contributed by atoms with Gasteiger partial charge in [0.05, 0.1) is 19.2 Å². The van der Waals surface area contributed by atoms with Gasteiger partial charge >= 0.3 is 12.0 Å². The average molecular weight is 341 g/mol. The van der Waals surface area contributed by atoms with Gasteiger partial charge in [0, 0.05) is 0 Å². The molecule has 0 saturated carbocycles. The highest BCUT2D eigenvalue weighted by molar-refractivity contribution is 6.32. The second-order valence-electron chi connectivity index (χ2n) is 4.37. The molecule has 3 amide bonds. The first-order chi connectivity index (χ1) is 10.9. The Balaban J connectivity index is 2.29. The number of nitrogens with one attached hydrogen (secondary N) is 2. The molecule has 9 heteroatoms. The Kier molecular flexibility index (Phi) is 5.07. The quantitative estimate of drug-likeness (QED) is 0.472. The van der Waals surface area contributed by atoms with Gasteiger partial charge in [0.15, 0.2) is 18.1 Å². The van der Waals surface area contributed by atoms with E-state index in [-0.39, 0.29) is 28.8 Å². The summed E-state index contributed by atoms with van der Waals surface area (Å²) in [5.41, 5.74) is 0.584. The molecule has 0 bridgehead atoms. The molecule has 0 unspecified atom stereocenters. The van der Waals surface area contributed by atoms with Crippen molar-refractivity contribution in [2.75, 3.05) is 20.8 Å². The molecule has 8 nitrogen and oxygen atoms in total. The summed E-state index contributed by atoms with van der Waals surface area (Å²) in [6.07, 6.45) is 1.43. The van der Waals surface area contributed by atoms with Crippen molar-refractivity contribution in [1.82, 2.24) is 10.6 Å². The van der Waals surface area contributed by atoms with E-state index in [4.69, 9.17) is 21.1 Å². The zero-order valence-corrected chi connectivity index (χ0v) is 13.0. The Hall–Kier alpha value is -2.74. The van der Waals surface area contributed by atoms with Crippen LogP contribution in [0.3, 0.4) is 0 Å². The molecule has 1 heterocycles. The van der Waals surface area contributed by atoms with Gasteiger partial charge in [0.1, 0.15) is 5.70 Å². The van der Waals surface area contributed by atoms with Crippen LogP contribution in [0.1, 0.15) is 5.56 Å². The minimum absolute atomic E-state index is 0.0800. The summed E-state index contributed by atoms with van der Waals surface area (Å²) in [4.78, 5) is 33.7. The van der Waals surface area contributed by atoms with Gasteiger partial charge in [-0.25, -0.2) is 9.59 Å².